The molecular formula is C21H19Cl2NO4. The van der Waals surface area contributed by atoms with Crippen LogP contribution in [0.5, 0.6) is 11.5 Å². The van der Waals surface area contributed by atoms with E-state index in [9.17, 15) is 4.79 Å². The number of carbonyl (C=O) groups is 1. The van der Waals surface area contributed by atoms with Crippen LogP contribution in [-0.2, 0) is 6.42 Å². The fourth-order valence-corrected chi connectivity index (χ4v) is 3.12. The Balaban J connectivity index is 1.62. The number of halogens is 2. The number of ether oxygens (including phenoxy) is 2. The first kappa shape index (κ1) is 20.1. The van der Waals surface area contributed by atoms with Crippen LogP contribution in [0.1, 0.15) is 16.1 Å². The van der Waals surface area contributed by atoms with E-state index in [1.54, 1.807) is 44.6 Å². The van der Waals surface area contributed by atoms with Gasteiger partial charge < -0.3 is 19.2 Å². The van der Waals surface area contributed by atoms with Crippen LogP contribution in [0.2, 0.25) is 10.0 Å². The Morgan fingerprint density at radius 2 is 1.79 bits per heavy atom. The third kappa shape index (κ3) is 4.61. The van der Waals surface area contributed by atoms with Gasteiger partial charge in [0.2, 0.25) is 0 Å². The largest absolute Gasteiger partial charge is 0.493 e. The lowest BCUT2D eigenvalue weighted by Gasteiger charge is -2.09. The molecule has 1 amide bonds. The average molecular weight is 420 g/mol. The van der Waals surface area contributed by atoms with Crippen molar-refractivity contribution in [3.8, 4) is 22.8 Å². The van der Waals surface area contributed by atoms with Gasteiger partial charge in [0.15, 0.2) is 17.3 Å². The summed E-state index contributed by atoms with van der Waals surface area (Å²) in [5.74, 6) is 1.71. The van der Waals surface area contributed by atoms with E-state index in [1.165, 1.54) is 0 Å². The van der Waals surface area contributed by atoms with Gasteiger partial charge in [0.1, 0.15) is 5.76 Å². The minimum atomic E-state index is -0.301. The van der Waals surface area contributed by atoms with Gasteiger partial charge in [0, 0.05) is 17.1 Å². The maximum Gasteiger partial charge on any atom is 0.287 e. The first-order valence-corrected chi connectivity index (χ1v) is 9.31. The quantitative estimate of drug-likeness (QED) is 0.568. The summed E-state index contributed by atoms with van der Waals surface area (Å²) in [5, 5.41) is 3.88. The molecule has 0 aliphatic rings. The lowest BCUT2D eigenvalue weighted by atomic mass is 10.1. The molecule has 0 aliphatic heterocycles. The van der Waals surface area contributed by atoms with Gasteiger partial charge in [0.05, 0.1) is 19.2 Å². The van der Waals surface area contributed by atoms with Crippen LogP contribution in [0.4, 0.5) is 0 Å². The molecule has 1 heterocycles. The molecule has 0 fully saturated rings. The predicted octanol–water partition coefficient (Wildman–Crippen LogP) is 5.24. The van der Waals surface area contributed by atoms with Crippen LogP contribution in [-0.4, -0.2) is 26.7 Å². The molecule has 2 aromatic carbocycles. The Kier molecular flexibility index (Phi) is 6.49. The van der Waals surface area contributed by atoms with Crippen molar-refractivity contribution in [1.29, 1.82) is 0 Å². The van der Waals surface area contributed by atoms with Gasteiger partial charge in [0.25, 0.3) is 5.91 Å². The summed E-state index contributed by atoms with van der Waals surface area (Å²) >= 11 is 12.2. The van der Waals surface area contributed by atoms with Crippen molar-refractivity contribution in [3.05, 3.63) is 69.9 Å². The SMILES string of the molecule is COc1ccc(CCNC(=O)c2ccc(-c3cc(Cl)ccc3Cl)o2)cc1OC. The molecule has 0 radical (unpaired) electrons. The first-order valence-electron chi connectivity index (χ1n) is 8.56. The highest BCUT2D eigenvalue weighted by atomic mass is 35.5. The third-order valence-electron chi connectivity index (χ3n) is 4.17. The Labute approximate surface area is 173 Å². The molecule has 0 unspecified atom stereocenters. The fourth-order valence-electron chi connectivity index (χ4n) is 2.73. The minimum Gasteiger partial charge on any atom is -0.493 e. The summed E-state index contributed by atoms with van der Waals surface area (Å²) in [6.07, 6.45) is 0.639. The van der Waals surface area contributed by atoms with Gasteiger partial charge in [-0.2, -0.15) is 0 Å². The van der Waals surface area contributed by atoms with Crippen LogP contribution in [0.3, 0.4) is 0 Å². The smallest absolute Gasteiger partial charge is 0.287 e. The highest BCUT2D eigenvalue weighted by molar-refractivity contribution is 6.35. The van der Waals surface area contributed by atoms with Gasteiger partial charge in [-0.3, -0.25) is 4.79 Å². The number of nitrogens with one attached hydrogen (secondary N) is 1. The zero-order valence-corrected chi connectivity index (χ0v) is 16.9. The summed E-state index contributed by atoms with van der Waals surface area (Å²) < 4.78 is 16.2. The van der Waals surface area contributed by atoms with Crippen molar-refractivity contribution in [3.63, 3.8) is 0 Å². The Morgan fingerprint density at radius 3 is 2.54 bits per heavy atom. The van der Waals surface area contributed by atoms with E-state index in [1.807, 2.05) is 18.2 Å². The second-order valence-corrected chi connectivity index (χ2v) is 6.83. The molecule has 0 bridgehead atoms. The van der Waals surface area contributed by atoms with Crippen molar-refractivity contribution < 1.29 is 18.7 Å². The number of rotatable bonds is 7. The minimum absolute atomic E-state index is 0.207. The number of carbonyl (C=O) groups excluding carboxylic acids is 1. The third-order valence-corrected chi connectivity index (χ3v) is 4.74. The monoisotopic (exact) mass is 419 g/mol. The lowest BCUT2D eigenvalue weighted by molar-refractivity contribution is 0.0927. The van der Waals surface area contributed by atoms with Crippen molar-refractivity contribution in [1.82, 2.24) is 5.32 Å². The summed E-state index contributed by atoms with van der Waals surface area (Å²) in [4.78, 5) is 12.3. The van der Waals surface area contributed by atoms with E-state index >= 15 is 0 Å². The van der Waals surface area contributed by atoms with Crippen LogP contribution < -0.4 is 14.8 Å². The standard InChI is InChI=1S/C21H19Cl2NO4/c1-26-18-6-3-13(11-20(18)27-2)9-10-24-21(25)19-8-7-17(28-19)15-12-14(22)4-5-16(15)23/h3-8,11-12H,9-10H2,1-2H3,(H,24,25). The molecule has 28 heavy (non-hydrogen) atoms. The molecule has 146 valence electrons. The normalized spacial score (nSPS) is 10.6. The summed E-state index contributed by atoms with van der Waals surface area (Å²) in [7, 11) is 3.18. The summed E-state index contributed by atoms with van der Waals surface area (Å²) in [6, 6.07) is 14.0. The van der Waals surface area contributed by atoms with Gasteiger partial charge in [-0.15, -0.1) is 0 Å². The lowest BCUT2D eigenvalue weighted by Crippen LogP contribution is -2.25. The van der Waals surface area contributed by atoms with E-state index in [0.717, 1.165) is 5.56 Å². The summed E-state index contributed by atoms with van der Waals surface area (Å²) in [6.45, 7) is 0.447. The fraction of sp³-hybridized carbons (Fsp3) is 0.190. The summed E-state index contributed by atoms with van der Waals surface area (Å²) in [5.41, 5.74) is 1.65. The first-order chi connectivity index (χ1) is 13.5. The Hall–Kier alpha value is -2.63. The number of hydrogen-bond acceptors (Lipinski definition) is 4. The second-order valence-electron chi connectivity index (χ2n) is 5.98. The van der Waals surface area contributed by atoms with Crippen molar-refractivity contribution >= 4 is 29.1 Å². The van der Waals surface area contributed by atoms with Gasteiger partial charge in [-0.05, 0) is 54.4 Å². The average Bonchev–Trinajstić information content (AvgIpc) is 3.19. The molecular weight excluding hydrogens is 401 g/mol. The topological polar surface area (TPSA) is 60.7 Å². The molecule has 0 saturated heterocycles. The van der Waals surface area contributed by atoms with Crippen molar-refractivity contribution in [2.75, 3.05) is 20.8 Å². The number of methoxy groups -OCH3 is 2. The molecule has 3 aromatic rings. The van der Waals surface area contributed by atoms with E-state index in [2.05, 4.69) is 5.32 Å². The Morgan fingerprint density at radius 1 is 1.00 bits per heavy atom. The maximum atomic E-state index is 12.3. The predicted molar refractivity (Wildman–Crippen MR) is 110 cm³/mol. The zero-order chi connectivity index (χ0) is 20.1. The molecule has 0 aliphatic carbocycles. The zero-order valence-electron chi connectivity index (χ0n) is 15.4. The highest BCUT2D eigenvalue weighted by Crippen LogP contribution is 2.32. The van der Waals surface area contributed by atoms with Crippen LogP contribution in [0.15, 0.2) is 52.9 Å². The van der Waals surface area contributed by atoms with Crippen molar-refractivity contribution in [2.45, 2.75) is 6.42 Å². The molecule has 0 saturated carbocycles. The van der Waals surface area contributed by atoms with E-state index in [-0.39, 0.29) is 11.7 Å². The van der Waals surface area contributed by atoms with Crippen LogP contribution >= 0.6 is 23.2 Å². The van der Waals surface area contributed by atoms with Gasteiger partial charge in [-0.1, -0.05) is 29.3 Å². The Bertz CT molecular complexity index is 984. The second kappa shape index (κ2) is 9.04. The molecule has 3 rings (SSSR count). The van der Waals surface area contributed by atoms with E-state index < -0.39 is 0 Å². The van der Waals surface area contributed by atoms with Gasteiger partial charge >= 0.3 is 0 Å². The van der Waals surface area contributed by atoms with Crippen molar-refractivity contribution in [2.24, 2.45) is 0 Å². The molecule has 1 N–H and O–H groups in total. The van der Waals surface area contributed by atoms with Crippen LogP contribution in [0, 0.1) is 0 Å². The molecule has 5 nitrogen and oxygen atoms in total. The molecule has 0 atom stereocenters. The van der Waals surface area contributed by atoms with E-state index in [4.69, 9.17) is 37.1 Å². The number of benzene rings is 2. The van der Waals surface area contributed by atoms with Crippen LogP contribution in [0.25, 0.3) is 11.3 Å². The number of furan rings is 1. The van der Waals surface area contributed by atoms with E-state index in [0.29, 0.717) is 45.8 Å². The molecule has 0 spiro atoms. The highest BCUT2D eigenvalue weighted by Gasteiger charge is 2.14. The van der Waals surface area contributed by atoms with Gasteiger partial charge in [-0.25, -0.2) is 0 Å². The number of hydrogen-bond donors (Lipinski definition) is 1. The maximum absolute atomic E-state index is 12.3. The molecule has 7 heteroatoms. The molecule has 1 aromatic heterocycles. The number of amides is 1.